The zero-order valence-electron chi connectivity index (χ0n) is 12.5. The Morgan fingerprint density at radius 2 is 1.86 bits per heavy atom. The fourth-order valence-corrected chi connectivity index (χ4v) is 2.05. The molecule has 1 heterocycles. The molecule has 21 heavy (non-hydrogen) atoms. The molecule has 2 aromatic rings. The quantitative estimate of drug-likeness (QED) is 0.811. The van der Waals surface area contributed by atoms with E-state index >= 15 is 0 Å². The molecule has 0 atom stereocenters. The molecule has 2 N–H and O–H groups in total. The van der Waals surface area contributed by atoms with Crippen LogP contribution in [0.15, 0.2) is 30.6 Å². The maximum absolute atomic E-state index is 11.7. The number of carbonyl (C=O) groups is 1. The number of nitrogens with one attached hydrogen (secondary N) is 2. The summed E-state index contributed by atoms with van der Waals surface area (Å²) in [6.45, 7) is 7.85. The van der Waals surface area contributed by atoms with Crippen molar-refractivity contribution >= 4 is 5.91 Å². The Labute approximate surface area is 124 Å². The highest BCUT2D eigenvalue weighted by Gasteiger charge is 2.07. The van der Waals surface area contributed by atoms with Crippen LogP contribution >= 0.6 is 0 Å². The molecule has 0 spiro atoms. The molecule has 6 nitrogen and oxygen atoms in total. The van der Waals surface area contributed by atoms with Crippen LogP contribution in [0.5, 0.6) is 0 Å². The van der Waals surface area contributed by atoms with Gasteiger partial charge in [-0.3, -0.25) is 14.8 Å². The van der Waals surface area contributed by atoms with Gasteiger partial charge in [-0.2, -0.15) is 5.10 Å². The van der Waals surface area contributed by atoms with Crippen LogP contribution < -0.4 is 5.32 Å². The minimum atomic E-state index is -0.250. The number of aromatic nitrogens is 3. The first-order chi connectivity index (χ1) is 10.2. The van der Waals surface area contributed by atoms with Gasteiger partial charge in [0.25, 0.3) is 5.91 Å². The molecule has 6 heteroatoms. The van der Waals surface area contributed by atoms with Crippen LogP contribution in [0.3, 0.4) is 0 Å². The van der Waals surface area contributed by atoms with E-state index in [4.69, 9.17) is 0 Å². The van der Waals surface area contributed by atoms with Crippen molar-refractivity contribution in [2.45, 2.75) is 26.9 Å². The Morgan fingerprint density at radius 3 is 2.43 bits per heavy atom. The van der Waals surface area contributed by atoms with E-state index in [0.717, 1.165) is 25.2 Å². The molecule has 1 amide bonds. The Hall–Kier alpha value is -2.21. The first kappa shape index (κ1) is 15.2. The Balaban J connectivity index is 1.86. The van der Waals surface area contributed by atoms with Gasteiger partial charge in [-0.1, -0.05) is 38.1 Å². The number of carbonyl (C=O) groups excluding carboxylic acids is 1. The summed E-state index contributed by atoms with van der Waals surface area (Å²) in [6, 6.07) is 8.29. The lowest BCUT2D eigenvalue weighted by atomic mass is 10.1. The summed E-state index contributed by atoms with van der Waals surface area (Å²) in [5.74, 6) is -0.0205. The van der Waals surface area contributed by atoms with Crippen LogP contribution in [-0.2, 0) is 13.1 Å². The summed E-state index contributed by atoms with van der Waals surface area (Å²) in [5, 5.41) is 8.99. The highest BCUT2D eigenvalue weighted by atomic mass is 16.2. The lowest BCUT2D eigenvalue weighted by Crippen LogP contribution is -2.24. The summed E-state index contributed by atoms with van der Waals surface area (Å²) in [5.41, 5.74) is 2.34. The maximum atomic E-state index is 11.7. The summed E-state index contributed by atoms with van der Waals surface area (Å²) in [6.07, 6.45) is 1.32. The Bertz CT molecular complexity index is 546. The van der Waals surface area contributed by atoms with Gasteiger partial charge in [0.1, 0.15) is 6.33 Å². The second kappa shape index (κ2) is 7.54. The maximum Gasteiger partial charge on any atom is 0.288 e. The van der Waals surface area contributed by atoms with Gasteiger partial charge >= 0.3 is 0 Å². The van der Waals surface area contributed by atoms with Gasteiger partial charge in [0.05, 0.1) is 0 Å². The number of aromatic amines is 1. The molecule has 0 saturated heterocycles. The molecular formula is C15H21N5O. The molecular weight excluding hydrogens is 266 g/mol. The molecule has 1 aromatic carbocycles. The molecule has 0 aliphatic carbocycles. The molecule has 112 valence electrons. The first-order valence-electron chi connectivity index (χ1n) is 7.16. The second-order valence-electron chi connectivity index (χ2n) is 4.79. The van der Waals surface area contributed by atoms with Crippen LogP contribution in [-0.4, -0.2) is 39.1 Å². The topological polar surface area (TPSA) is 73.9 Å². The fraction of sp³-hybridized carbons (Fsp3) is 0.400. The Kier molecular flexibility index (Phi) is 5.45. The molecule has 0 radical (unpaired) electrons. The average Bonchev–Trinajstić information content (AvgIpc) is 3.06. The van der Waals surface area contributed by atoms with Crippen LogP contribution in [0, 0.1) is 0 Å². The highest BCUT2D eigenvalue weighted by Crippen LogP contribution is 2.07. The summed E-state index contributed by atoms with van der Waals surface area (Å²) in [4.78, 5) is 17.9. The third kappa shape index (κ3) is 4.39. The summed E-state index contributed by atoms with van der Waals surface area (Å²) in [7, 11) is 0. The Morgan fingerprint density at radius 1 is 1.19 bits per heavy atom. The molecule has 1 aromatic heterocycles. The smallest absolute Gasteiger partial charge is 0.288 e. The predicted molar refractivity (Wildman–Crippen MR) is 80.6 cm³/mol. The number of benzene rings is 1. The standard InChI is InChI=1S/C15H21N5O/c1-3-20(4-2)10-13-7-5-12(6-8-13)9-16-15(21)14-17-11-18-19-14/h5-8,11H,3-4,9-10H2,1-2H3,(H,16,21)(H,17,18,19). The van der Waals surface area contributed by atoms with Gasteiger partial charge in [-0.05, 0) is 24.2 Å². The minimum absolute atomic E-state index is 0.230. The van der Waals surface area contributed by atoms with E-state index < -0.39 is 0 Å². The lowest BCUT2D eigenvalue weighted by Gasteiger charge is -2.18. The largest absolute Gasteiger partial charge is 0.345 e. The molecule has 0 bridgehead atoms. The molecule has 0 aliphatic heterocycles. The molecule has 0 unspecified atom stereocenters. The zero-order valence-corrected chi connectivity index (χ0v) is 12.5. The van der Waals surface area contributed by atoms with E-state index in [1.165, 1.54) is 11.9 Å². The third-order valence-electron chi connectivity index (χ3n) is 3.41. The predicted octanol–water partition coefficient (Wildman–Crippen LogP) is 1.58. The SMILES string of the molecule is CCN(CC)Cc1ccc(CNC(=O)c2ncn[nH]2)cc1. The van der Waals surface area contributed by atoms with Crippen molar-refractivity contribution in [2.75, 3.05) is 13.1 Å². The fourth-order valence-electron chi connectivity index (χ4n) is 2.05. The normalized spacial score (nSPS) is 10.8. The van der Waals surface area contributed by atoms with Crippen molar-refractivity contribution in [3.8, 4) is 0 Å². The number of hydrogen-bond acceptors (Lipinski definition) is 4. The van der Waals surface area contributed by atoms with Crippen LogP contribution in [0.2, 0.25) is 0 Å². The first-order valence-corrected chi connectivity index (χ1v) is 7.16. The van der Waals surface area contributed by atoms with Crippen molar-refractivity contribution in [1.29, 1.82) is 0 Å². The van der Waals surface area contributed by atoms with Gasteiger partial charge < -0.3 is 5.32 Å². The average molecular weight is 287 g/mol. The van der Waals surface area contributed by atoms with Crippen molar-refractivity contribution < 1.29 is 4.79 Å². The molecule has 2 rings (SSSR count). The van der Waals surface area contributed by atoms with Gasteiger partial charge in [0.2, 0.25) is 5.82 Å². The van der Waals surface area contributed by atoms with Gasteiger partial charge in [-0.25, -0.2) is 4.98 Å². The van der Waals surface area contributed by atoms with Crippen molar-refractivity contribution in [2.24, 2.45) is 0 Å². The molecule has 0 saturated carbocycles. The highest BCUT2D eigenvalue weighted by molar-refractivity contribution is 5.90. The van der Waals surface area contributed by atoms with E-state index in [2.05, 4.69) is 51.4 Å². The van der Waals surface area contributed by atoms with Crippen molar-refractivity contribution in [3.05, 3.63) is 47.5 Å². The number of amides is 1. The summed E-state index contributed by atoms with van der Waals surface area (Å²) >= 11 is 0. The second-order valence-corrected chi connectivity index (χ2v) is 4.79. The van der Waals surface area contributed by atoms with Crippen LogP contribution in [0.25, 0.3) is 0 Å². The van der Waals surface area contributed by atoms with Crippen molar-refractivity contribution in [1.82, 2.24) is 25.4 Å². The third-order valence-corrected chi connectivity index (χ3v) is 3.41. The monoisotopic (exact) mass is 287 g/mol. The number of H-pyrrole nitrogens is 1. The zero-order chi connectivity index (χ0) is 15.1. The summed E-state index contributed by atoms with van der Waals surface area (Å²) < 4.78 is 0. The van der Waals surface area contributed by atoms with E-state index in [9.17, 15) is 4.79 Å². The van der Waals surface area contributed by atoms with Gasteiger partial charge in [0, 0.05) is 13.1 Å². The van der Waals surface area contributed by atoms with Crippen molar-refractivity contribution in [3.63, 3.8) is 0 Å². The molecule has 0 fully saturated rings. The number of hydrogen-bond donors (Lipinski definition) is 2. The lowest BCUT2D eigenvalue weighted by molar-refractivity contribution is 0.0941. The molecule has 0 aliphatic rings. The number of nitrogens with zero attached hydrogens (tertiary/aromatic N) is 3. The van der Waals surface area contributed by atoms with Crippen LogP contribution in [0.4, 0.5) is 0 Å². The van der Waals surface area contributed by atoms with E-state index in [0.29, 0.717) is 6.54 Å². The van der Waals surface area contributed by atoms with E-state index in [1.54, 1.807) is 0 Å². The van der Waals surface area contributed by atoms with Crippen LogP contribution in [0.1, 0.15) is 35.6 Å². The minimum Gasteiger partial charge on any atom is -0.345 e. The van der Waals surface area contributed by atoms with E-state index in [-0.39, 0.29) is 11.7 Å². The van der Waals surface area contributed by atoms with Gasteiger partial charge in [0.15, 0.2) is 0 Å². The number of rotatable bonds is 7. The van der Waals surface area contributed by atoms with Gasteiger partial charge in [-0.15, -0.1) is 0 Å². The van der Waals surface area contributed by atoms with E-state index in [1.807, 2.05) is 12.1 Å².